The molecular weight excluding hydrogens is 374 g/mol. The molecule has 1 amide bonds. The smallest absolute Gasteiger partial charge is 0.227 e. The highest BCUT2D eigenvalue weighted by atomic mass is 32.2. The van der Waals surface area contributed by atoms with Crippen LogP contribution in [0.15, 0.2) is 4.52 Å². The number of carbonyl (C=O) groups excluding carboxylic acids is 1. The lowest BCUT2D eigenvalue weighted by atomic mass is 10.2. The van der Waals surface area contributed by atoms with Crippen molar-refractivity contribution < 1.29 is 22.5 Å². The number of ether oxygens (including phenoxy) is 1. The average molecular weight is 401 g/mol. The lowest BCUT2D eigenvalue weighted by Crippen LogP contribution is -2.48. The van der Waals surface area contributed by atoms with Crippen molar-refractivity contribution in [2.45, 2.75) is 26.3 Å². The van der Waals surface area contributed by atoms with Crippen molar-refractivity contribution in [2.24, 2.45) is 0 Å². The second kappa shape index (κ2) is 9.09. The van der Waals surface area contributed by atoms with Crippen LogP contribution in [0.3, 0.4) is 0 Å². The predicted octanol–water partition coefficient (Wildman–Crippen LogP) is -0.672. The number of amides is 1. The van der Waals surface area contributed by atoms with Crippen molar-refractivity contribution in [3.63, 3.8) is 0 Å². The van der Waals surface area contributed by atoms with Crippen LogP contribution in [0.2, 0.25) is 0 Å². The van der Waals surface area contributed by atoms with E-state index in [0.29, 0.717) is 83.6 Å². The summed E-state index contributed by atoms with van der Waals surface area (Å²) >= 11 is 0. The second-order valence-electron chi connectivity index (χ2n) is 6.67. The number of aryl methyl sites for hydroxylation is 1. The van der Waals surface area contributed by atoms with Gasteiger partial charge in [0.15, 0.2) is 5.82 Å². The van der Waals surface area contributed by atoms with Crippen molar-refractivity contribution >= 4 is 15.9 Å². The third-order valence-electron chi connectivity index (χ3n) is 4.88. The van der Waals surface area contributed by atoms with Gasteiger partial charge in [-0.3, -0.25) is 9.69 Å². The first-order valence-corrected chi connectivity index (χ1v) is 11.0. The van der Waals surface area contributed by atoms with Crippen LogP contribution in [0, 0.1) is 0 Å². The van der Waals surface area contributed by atoms with E-state index < -0.39 is 10.0 Å². The number of rotatable bonds is 7. The highest BCUT2D eigenvalue weighted by molar-refractivity contribution is 7.89. The molecule has 2 aliphatic rings. The molecule has 0 saturated carbocycles. The molecule has 10 nitrogen and oxygen atoms in total. The lowest BCUT2D eigenvalue weighted by molar-refractivity contribution is -0.135. The van der Waals surface area contributed by atoms with Crippen LogP contribution in [0.5, 0.6) is 0 Å². The van der Waals surface area contributed by atoms with E-state index in [-0.39, 0.29) is 11.7 Å². The number of aromatic nitrogens is 2. The Kier molecular flexibility index (Phi) is 6.79. The maximum Gasteiger partial charge on any atom is 0.227 e. The molecule has 152 valence electrons. The maximum atomic E-state index is 12.2. The molecule has 0 aromatic carbocycles. The van der Waals surface area contributed by atoms with Gasteiger partial charge in [0.05, 0.1) is 25.5 Å². The van der Waals surface area contributed by atoms with Crippen LogP contribution < -0.4 is 0 Å². The Labute approximate surface area is 159 Å². The van der Waals surface area contributed by atoms with Crippen molar-refractivity contribution in [1.29, 1.82) is 0 Å². The topological polar surface area (TPSA) is 109 Å². The van der Waals surface area contributed by atoms with Gasteiger partial charge in [0.1, 0.15) is 0 Å². The van der Waals surface area contributed by atoms with E-state index in [1.807, 2.05) is 0 Å². The SMILES string of the molecule is CCS(=O)(=O)N1CCN(Cc2noc(CCC(=O)N3CCOCC3)n2)CC1. The van der Waals surface area contributed by atoms with Gasteiger partial charge in [0, 0.05) is 52.1 Å². The van der Waals surface area contributed by atoms with Crippen LogP contribution in [-0.4, -0.2) is 96.8 Å². The highest BCUT2D eigenvalue weighted by Crippen LogP contribution is 2.11. The number of sulfonamides is 1. The first-order valence-electron chi connectivity index (χ1n) is 9.35. The first-order chi connectivity index (χ1) is 13.0. The number of morpholine rings is 1. The minimum atomic E-state index is -3.13. The quantitative estimate of drug-likeness (QED) is 0.592. The van der Waals surface area contributed by atoms with Gasteiger partial charge in [0.2, 0.25) is 21.8 Å². The first kappa shape index (κ1) is 20.2. The number of hydrogen-bond donors (Lipinski definition) is 0. The van der Waals surface area contributed by atoms with Gasteiger partial charge in [-0.2, -0.15) is 9.29 Å². The van der Waals surface area contributed by atoms with E-state index in [1.54, 1.807) is 11.8 Å². The molecule has 0 bridgehead atoms. The molecule has 3 heterocycles. The second-order valence-corrected chi connectivity index (χ2v) is 8.93. The zero-order valence-corrected chi connectivity index (χ0v) is 16.5. The van der Waals surface area contributed by atoms with Crippen LogP contribution in [-0.2, 0) is 32.5 Å². The third kappa shape index (κ3) is 5.47. The summed E-state index contributed by atoms with van der Waals surface area (Å²) < 4.78 is 35.8. The van der Waals surface area contributed by atoms with Crippen molar-refractivity contribution in [2.75, 3.05) is 58.2 Å². The Morgan fingerprint density at radius 3 is 2.48 bits per heavy atom. The fraction of sp³-hybridized carbons (Fsp3) is 0.812. The summed E-state index contributed by atoms with van der Waals surface area (Å²) in [5.74, 6) is 1.23. The Balaban J connectivity index is 1.42. The summed E-state index contributed by atoms with van der Waals surface area (Å²) in [4.78, 5) is 20.4. The van der Waals surface area contributed by atoms with Gasteiger partial charge < -0.3 is 14.2 Å². The van der Waals surface area contributed by atoms with Crippen molar-refractivity contribution in [3.8, 4) is 0 Å². The summed E-state index contributed by atoms with van der Waals surface area (Å²) in [6.07, 6.45) is 0.765. The van der Waals surface area contributed by atoms with Crippen molar-refractivity contribution in [1.82, 2.24) is 24.2 Å². The monoisotopic (exact) mass is 401 g/mol. The van der Waals surface area contributed by atoms with Gasteiger partial charge in [-0.05, 0) is 6.92 Å². The number of piperazine rings is 1. The fourth-order valence-corrected chi connectivity index (χ4v) is 4.27. The molecule has 0 spiro atoms. The van der Waals surface area contributed by atoms with Gasteiger partial charge in [0.25, 0.3) is 0 Å². The van der Waals surface area contributed by atoms with Gasteiger partial charge in [-0.1, -0.05) is 5.16 Å². The molecule has 0 aliphatic carbocycles. The molecule has 0 unspecified atom stereocenters. The molecule has 0 N–H and O–H groups in total. The fourth-order valence-electron chi connectivity index (χ4n) is 3.19. The van der Waals surface area contributed by atoms with Crippen LogP contribution in [0.4, 0.5) is 0 Å². The molecule has 2 fully saturated rings. The Hall–Kier alpha value is -1.56. The standard InChI is InChI=1S/C16H27N5O5S/c1-2-27(23,24)21-7-5-19(6-8-21)13-14-17-15(26-18-14)3-4-16(22)20-9-11-25-12-10-20/h2-13H2,1H3. The number of carbonyl (C=O) groups is 1. The summed E-state index contributed by atoms with van der Waals surface area (Å²) in [5.41, 5.74) is 0. The molecule has 1 aromatic heterocycles. The van der Waals surface area contributed by atoms with Crippen molar-refractivity contribution in [3.05, 3.63) is 11.7 Å². The van der Waals surface area contributed by atoms with Crippen LogP contribution in [0.25, 0.3) is 0 Å². The molecule has 11 heteroatoms. The van der Waals surface area contributed by atoms with E-state index in [0.717, 1.165) is 0 Å². The summed E-state index contributed by atoms with van der Waals surface area (Å²) in [6.45, 7) is 6.85. The molecule has 3 rings (SSSR count). The molecular formula is C16H27N5O5S. The normalized spacial score (nSPS) is 20.1. The molecule has 2 saturated heterocycles. The zero-order valence-electron chi connectivity index (χ0n) is 15.7. The largest absolute Gasteiger partial charge is 0.378 e. The minimum absolute atomic E-state index is 0.0753. The Morgan fingerprint density at radius 1 is 1.11 bits per heavy atom. The molecule has 0 radical (unpaired) electrons. The molecule has 0 atom stereocenters. The molecule has 1 aromatic rings. The van der Waals surface area contributed by atoms with Crippen LogP contribution in [0.1, 0.15) is 25.1 Å². The summed E-state index contributed by atoms with van der Waals surface area (Å²) in [6, 6.07) is 0. The van der Waals surface area contributed by atoms with Crippen LogP contribution >= 0.6 is 0 Å². The lowest BCUT2D eigenvalue weighted by Gasteiger charge is -2.32. The van der Waals surface area contributed by atoms with E-state index in [9.17, 15) is 13.2 Å². The van der Waals surface area contributed by atoms with E-state index in [1.165, 1.54) is 4.31 Å². The summed E-state index contributed by atoms with van der Waals surface area (Å²) in [5, 5.41) is 3.98. The Morgan fingerprint density at radius 2 is 1.81 bits per heavy atom. The maximum absolute atomic E-state index is 12.2. The molecule has 27 heavy (non-hydrogen) atoms. The zero-order chi connectivity index (χ0) is 19.3. The predicted molar refractivity (Wildman–Crippen MR) is 96.3 cm³/mol. The van der Waals surface area contributed by atoms with E-state index in [2.05, 4.69) is 15.0 Å². The van der Waals surface area contributed by atoms with Gasteiger partial charge in [-0.25, -0.2) is 8.42 Å². The Bertz CT molecular complexity index is 723. The minimum Gasteiger partial charge on any atom is -0.378 e. The number of nitrogens with zero attached hydrogens (tertiary/aromatic N) is 5. The van der Waals surface area contributed by atoms with Gasteiger partial charge >= 0.3 is 0 Å². The number of hydrogen-bond acceptors (Lipinski definition) is 8. The summed E-state index contributed by atoms with van der Waals surface area (Å²) in [7, 11) is -3.13. The average Bonchev–Trinajstić information content (AvgIpc) is 3.14. The van der Waals surface area contributed by atoms with E-state index in [4.69, 9.17) is 9.26 Å². The molecule has 2 aliphatic heterocycles. The highest BCUT2D eigenvalue weighted by Gasteiger charge is 2.26. The third-order valence-corrected chi connectivity index (χ3v) is 6.76. The van der Waals surface area contributed by atoms with Gasteiger partial charge in [-0.15, -0.1) is 0 Å². The van der Waals surface area contributed by atoms with E-state index >= 15 is 0 Å².